The lowest BCUT2D eigenvalue weighted by molar-refractivity contribution is 0.0601. The van der Waals surface area contributed by atoms with Crippen LogP contribution in [0.2, 0.25) is 0 Å². The molecular formula is C13H11BrN2O2S. The number of carbonyl (C=O) groups is 1. The molecule has 0 radical (unpaired) electrons. The van der Waals surface area contributed by atoms with E-state index in [9.17, 15) is 4.79 Å². The summed E-state index contributed by atoms with van der Waals surface area (Å²) in [6.07, 6.45) is 1.54. The van der Waals surface area contributed by atoms with E-state index in [1.165, 1.54) is 18.9 Å². The van der Waals surface area contributed by atoms with Crippen molar-refractivity contribution in [3.8, 4) is 0 Å². The number of esters is 1. The minimum Gasteiger partial charge on any atom is -0.465 e. The molecule has 1 heterocycles. The average molecular weight is 339 g/mol. The van der Waals surface area contributed by atoms with Gasteiger partial charge in [-0.1, -0.05) is 33.8 Å². The fraction of sp³-hybridized carbons (Fsp3) is 0.0769. The summed E-state index contributed by atoms with van der Waals surface area (Å²) in [7, 11) is 1.32. The number of hydrogen-bond donors (Lipinski definition) is 1. The molecular weight excluding hydrogens is 328 g/mol. The maximum atomic E-state index is 11.5. The third-order valence-electron chi connectivity index (χ3n) is 2.37. The van der Waals surface area contributed by atoms with E-state index in [-0.39, 0.29) is 0 Å². The predicted octanol–water partition coefficient (Wildman–Crippen LogP) is 3.36. The zero-order valence-electron chi connectivity index (χ0n) is 10.1. The highest BCUT2D eigenvalue weighted by Gasteiger charge is 2.14. The third kappa shape index (κ3) is 3.27. The number of ether oxygens (including phenoxy) is 1. The van der Waals surface area contributed by atoms with Crippen LogP contribution in [0.3, 0.4) is 0 Å². The van der Waals surface area contributed by atoms with Gasteiger partial charge in [0.15, 0.2) is 0 Å². The number of nitrogens with two attached hydrogens (primary N) is 1. The molecule has 1 aromatic carbocycles. The first-order valence-electron chi connectivity index (χ1n) is 5.38. The monoisotopic (exact) mass is 338 g/mol. The molecule has 2 N–H and O–H groups in total. The number of hydrogen-bond acceptors (Lipinski definition) is 5. The molecule has 0 saturated heterocycles. The van der Waals surface area contributed by atoms with Crippen LogP contribution >= 0.6 is 27.7 Å². The van der Waals surface area contributed by atoms with Crippen molar-refractivity contribution < 1.29 is 9.53 Å². The molecule has 0 unspecified atom stereocenters. The fourth-order valence-corrected chi connectivity index (χ4v) is 2.91. The smallest absolute Gasteiger partial charge is 0.340 e. The van der Waals surface area contributed by atoms with Gasteiger partial charge < -0.3 is 10.5 Å². The summed E-state index contributed by atoms with van der Waals surface area (Å²) in [4.78, 5) is 16.7. The van der Waals surface area contributed by atoms with E-state index in [4.69, 9.17) is 5.73 Å². The predicted molar refractivity (Wildman–Crippen MR) is 78.3 cm³/mol. The number of anilines is 1. The molecule has 0 bridgehead atoms. The van der Waals surface area contributed by atoms with Gasteiger partial charge in [-0.25, -0.2) is 9.78 Å². The maximum absolute atomic E-state index is 11.5. The molecule has 1 aromatic heterocycles. The van der Waals surface area contributed by atoms with Crippen LogP contribution in [0.4, 0.5) is 5.69 Å². The van der Waals surface area contributed by atoms with Gasteiger partial charge in [-0.15, -0.1) is 0 Å². The lowest BCUT2D eigenvalue weighted by Crippen LogP contribution is -2.07. The lowest BCUT2D eigenvalue weighted by atomic mass is 10.2. The Hall–Kier alpha value is -1.53. The highest BCUT2D eigenvalue weighted by molar-refractivity contribution is 9.10. The van der Waals surface area contributed by atoms with Crippen LogP contribution in [0.1, 0.15) is 10.4 Å². The molecule has 0 atom stereocenters. The van der Waals surface area contributed by atoms with Gasteiger partial charge in [-0.2, -0.15) is 0 Å². The average Bonchev–Trinajstić information content (AvgIpc) is 2.40. The topological polar surface area (TPSA) is 65.2 Å². The second kappa shape index (κ2) is 6.08. The van der Waals surface area contributed by atoms with E-state index in [1.807, 2.05) is 24.3 Å². The summed E-state index contributed by atoms with van der Waals surface area (Å²) < 4.78 is 5.65. The van der Waals surface area contributed by atoms with Gasteiger partial charge in [0.2, 0.25) is 0 Å². The molecule has 2 aromatic rings. The molecule has 4 nitrogen and oxygen atoms in total. The summed E-state index contributed by atoms with van der Waals surface area (Å²) >= 11 is 4.80. The van der Waals surface area contributed by atoms with Crippen molar-refractivity contribution in [2.24, 2.45) is 0 Å². The molecule has 0 saturated carbocycles. The molecule has 0 spiro atoms. The number of methoxy groups -OCH3 is 1. The van der Waals surface area contributed by atoms with Gasteiger partial charge in [0.05, 0.1) is 18.4 Å². The van der Waals surface area contributed by atoms with Crippen LogP contribution in [0, 0.1) is 0 Å². The molecule has 0 aliphatic carbocycles. The Bertz CT molecular complexity index is 619. The van der Waals surface area contributed by atoms with Gasteiger partial charge in [0.1, 0.15) is 5.03 Å². The molecule has 19 heavy (non-hydrogen) atoms. The van der Waals surface area contributed by atoms with Crippen LogP contribution in [0.25, 0.3) is 0 Å². The summed E-state index contributed by atoms with van der Waals surface area (Å²) in [6, 6.07) is 9.31. The summed E-state index contributed by atoms with van der Waals surface area (Å²) in [5.74, 6) is -0.462. The minimum absolute atomic E-state index is 0.329. The van der Waals surface area contributed by atoms with Crippen LogP contribution in [0.5, 0.6) is 0 Å². The highest BCUT2D eigenvalue weighted by atomic mass is 79.9. The molecule has 0 aliphatic rings. The first kappa shape index (κ1) is 13.9. The number of pyridine rings is 1. The first-order valence-corrected chi connectivity index (χ1v) is 6.99. The van der Waals surface area contributed by atoms with E-state index in [2.05, 4.69) is 25.7 Å². The SMILES string of the molecule is COC(=O)c1ccnc(Sc2cccc(Br)c2)c1N. The van der Waals surface area contributed by atoms with Crippen molar-refractivity contribution in [3.05, 3.63) is 46.6 Å². The van der Waals surface area contributed by atoms with Crippen molar-refractivity contribution >= 4 is 39.3 Å². The number of benzene rings is 1. The lowest BCUT2D eigenvalue weighted by Gasteiger charge is -2.08. The Kier molecular flexibility index (Phi) is 4.44. The molecule has 0 fully saturated rings. The highest BCUT2D eigenvalue weighted by Crippen LogP contribution is 2.33. The number of halogens is 1. The van der Waals surface area contributed by atoms with E-state index in [0.29, 0.717) is 16.3 Å². The largest absolute Gasteiger partial charge is 0.465 e. The van der Waals surface area contributed by atoms with Crippen LogP contribution < -0.4 is 5.73 Å². The Morgan fingerprint density at radius 3 is 2.89 bits per heavy atom. The number of rotatable bonds is 3. The second-order valence-corrected chi connectivity index (χ2v) is 5.61. The van der Waals surface area contributed by atoms with Crippen molar-refractivity contribution in [2.75, 3.05) is 12.8 Å². The zero-order chi connectivity index (χ0) is 13.8. The standard InChI is InChI=1S/C13H11BrN2O2S/c1-18-13(17)10-5-6-16-12(11(10)15)19-9-4-2-3-8(14)7-9/h2-7H,15H2,1H3. The second-order valence-electron chi connectivity index (χ2n) is 3.63. The summed E-state index contributed by atoms with van der Waals surface area (Å²) in [6.45, 7) is 0. The minimum atomic E-state index is -0.462. The summed E-state index contributed by atoms with van der Waals surface area (Å²) in [5, 5.41) is 0.584. The number of nitrogens with zero attached hydrogens (tertiary/aromatic N) is 1. The number of carbonyl (C=O) groups excluding carboxylic acids is 1. The quantitative estimate of drug-likeness (QED) is 0.869. The Balaban J connectivity index is 2.33. The van der Waals surface area contributed by atoms with E-state index in [0.717, 1.165) is 9.37 Å². The molecule has 98 valence electrons. The van der Waals surface area contributed by atoms with E-state index >= 15 is 0 Å². The van der Waals surface area contributed by atoms with Crippen molar-refractivity contribution in [1.82, 2.24) is 4.98 Å². The van der Waals surface area contributed by atoms with Crippen molar-refractivity contribution in [1.29, 1.82) is 0 Å². The van der Waals surface area contributed by atoms with Gasteiger partial charge in [-0.05, 0) is 24.3 Å². The summed E-state index contributed by atoms with van der Waals surface area (Å²) in [5.41, 5.74) is 6.61. The fourth-order valence-electron chi connectivity index (χ4n) is 1.47. The Morgan fingerprint density at radius 1 is 1.42 bits per heavy atom. The molecule has 2 rings (SSSR count). The number of nitrogen functional groups attached to an aromatic ring is 1. The van der Waals surface area contributed by atoms with E-state index < -0.39 is 5.97 Å². The van der Waals surface area contributed by atoms with E-state index in [1.54, 1.807) is 12.3 Å². The number of aromatic nitrogens is 1. The van der Waals surface area contributed by atoms with Gasteiger partial charge in [-0.3, -0.25) is 0 Å². The van der Waals surface area contributed by atoms with Crippen LogP contribution in [0.15, 0.2) is 50.9 Å². The van der Waals surface area contributed by atoms with Crippen LogP contribution in [-0.2, 0) is 4.74 Å². The van der Waals surface area contributed by atoms with Crippen LogP contribution in [-0.4, -0.2) is 18.1 Å². The van der Waals surface area contributed by atoms with Gasteiger partial charge >= 0.3 is 5.97 Å². The van der Waals surface area contributed by atoms with Crippen molar-refractivity contribution in [2.45, 2.75) is 9.92 Å². The Labute approximate surface area is 123 Å². The van der Waals surface area contributed by atoms with Gasteiger partial charge in [0.25, 0.3) is 0 Å². The van der Waals surface area contributed by atoms with Gasteiger partial charge in [0, 0.05) is 15.6 Å². The molecule has 0 amide bonds. The molecule has 0 aliphatic heterocycles. The molecule has 6 heteroatoms. The zero-order valence-corrected chi connectivity index (χ0v) is 12.5. The normalized spacial score (nSPS) is 10.2. The first-order chi connectivity index (χ1) is 9.11. The maximum Gasteiger partial charge on any atom is 0.340 e. The third-order valence-corrected chi connectivity index (χ3v) is 3.87. The Morgan fingerprint density at radius 2 is 2.21 bits per heavy atom. The van der Waals surface area contributed by atoms with Crippen molar-refractivity contribution in [3.63, 3.8) is 0 Å².